The molecular formula is C9H8ClNO. The van der Waals surface area contributed by atoms with E-state index in [0.717, 1.165) is 5.69 Å². The first-order valence-corrected chi connectivity index (χ1v) is 3.82. The SMILES string of the molecule is C#CCOCc1cc(Cl)ccn1. The van der Waals surface area contributed by atoms with Gasteiger partial charge in [0.25, 0.3) is 0 Å². The van der Waals surface area contributed by atoms with Crippen LogP contribution in [0.15, 0.2) is 18.3 Å². The van der Waals surface area contributed by atoms with Crippen LogP contribution in [0.1, 0.15) is 5.69 Å². The molecule has 0 aliphatic heterocycles. The zero-order valence-corrected chi connectivity index (χ0v) is 7.21. The average molecular weight is 182 g/mol. The van der Waals surface area contributed by atoms with E-state index in [1.54, 1.807) is 18.3 Å². The highest BCUT2D eigenvalue weighted by Gasteiger charge is 1.94. The fourth-order valence-electron chi connectivity index (χ4n) is 0.742. The molecule has 0 aliphatic rings. The van der Waals surface area contributed by atoms with Crippen LogP contribution >= 0.6 is 11.6 Å². The summed E-state index contributed by atoms with van der Waals surface area (Å²) >= 11 is 5.72. The van der Waals surface area contributed by atoms with E-state index < -0.39 is 0 Å². The van der Waals surface area contributed by atoms with E-state index in [0.29, 0.717) is 18.2 Å². The van der Waals surface area contributed by atoms with Crippen LogP contribution in [0.2, 0.25) is 5.02 Å². The largest absolute Gasteiger partial charge is 0.363 e. The first-order chi connectivity index (χ1) is 5.83. The molecule has 0 radical (unpaired) electrons. The Balaban J connectivity index is 2.48. The van der Waals surface area contributed by atoms with Crippen molar-refractivity contribution in [2.24, 2.45) is 0 Å². The molecule has 12 heavy (non-hydrogen) atoms. The summed E-state index contributed by atoms with van der Waals surface area (Å²) in [6, 6.07) is 3.46. The number of terminal acetylenes is 1. The van der Waals surface area contributed by atoms with Gasteiger partial charge in [0.1, 0.15) is 6.61 Å². The smallest absolute Gasteiger partial charge is 0.107 e. The minimum Gasteiger partial charge on any atom is -0.363 e. The molecule has 0 saturated carbocycles. The van der Waals surface area contributed by atoms with Gasteiger partial charge < -0.3 is 4.74 Å². The highest BCUT2D eigenvalue weighted by molar-refractivity contribution is 6.30. The molecule has 0 aromatic carbocycles. The van der Waals surface area contributed by atoms with Crippen molar-refractivity contribution < 1.29 is 4.74 Å². The second-order valence-electron chi connectivity index (χ2n) is 2.16. The Morgan fingerprint density at radius 3 is 3.17 bits per heavy atom. The number of nitrogens with zero attached hydrogens (tertiary/aromatic N) is 1. The summed E-state index contributed by atoms with van der Waals surface area (Å²) < 4.78 is 5.07. The summed E-state index contributed by atoms with van der Waals surface area (Å²) in [4.78, 5) is 4.03. The lowest BCUT2D eigenvalue weighted by Crippen LogP contribution is -1.95. The van der Waals surface area contributed by atoms with E-state index in [-0.39, 0.29) is 0 Å². The molecule has 1 aromatic heterocycles. The number of halogens is 1. The van der Waals surface area contributed by atoms with E-state index in [1.165, 1.54) is 0 Å². The van der Waals surface area contributed by atoms with Gasteiger partial charge in [0, 0.05) is 11.2 Å². The molecule has 0 saturated heterocycles. The maximum absolute atomic E-state index is 5.72. The molecule has 1 heterocycles. The molecule has 1 rings (SSSR count). The van der Waals surface area contributed by atoms with Gasteiger partial charge in [0.15, 0.2) is 0 Å². The van der Waals surface area contributed by atoms with Gasteiger partial charge in [-0.2, -0.15) is 0 Å². The van der Waals surface area contributed by atoms with Crippen LogP contribution in [0.25, 0.3) is 0 Å². The second-order valence-corrected chi connectivity index (χ2v) is 2.60. The summed E-state index contributed by atoms with van der Waals surface area (Å²) in [6.07, 6.45) is 6.64. The van der Waals surface area contributed by atoms with Crippen LogP contribution in [0, 0.1) is 12.3 Å². The van der Waals surface area contributed by atoms with E-state index in [4.69, 9.17) is 22.8 Å². The Morgan fingerprint density at radius 1 is 1.67 bits per heavy atom. The van der Waals surface area contributed by atoms with Gasteiger partial charge in [0.2, 0.25) is 0 Å². The van der Waals surface area contributed by atoms with Gasteiger partial charge in [0.05, 0.1) is 12.3 Å². The molecular weight excluding hydrogens is 174 g/mol. The Bertz CT molecular complexity index is 293. The van der Waals surface area contributed by atoms with Gasteiger partial charge >= 0.3 is 0 Å². The summed E-state index contributed by atoms with van der Waals surface area (Å²) in [6.45, 7) is 0.707. The molecule has 0 fully saturated rings. The van der Waals surface area contributed by atoms with Crippen molar-refractivity contribution >= 4 is 11.6 Å². The van der Waals surface area contributed by atoms with Crippen molar-refractivity contribution in [2.75, 3.05) is 6.61 Å². The van der Waals surface area contributed by atoms with Crippen molar-refractivity contribution in [3.63, 3.8) is 0 Å². The lowest BCUT2D eigenvalue weighted by molar-refractivity contribution is 0.150. The van der Waals surface area contributed by atoms with Crippen LogP contribution in [0.4, 0.5) is 0 Å². The number of rotatable bonds is 3. The number of hydrogen-bond donors (Lipinski definition) is 0. The Morgan fingerprint density at radius 2 is 2.50 bits per heavy atom. The van der Waals surface area contributed by atoms with E-state index in [1.807, 2.05) is 0 Å². The van der Waals surface area contributed by atoms with E-state index in [9.17, 15) is 0 Å². The summed E-state index contributed by atoms with van der Waals surface area (Å²) in [5.74, 6) is 2.37. The highest BCUT2D eigenvalue weighted by Crippen LogP contribution is 2.08. The molecule has 2 nitrogen and oxygen atoms in total. The monoisotopic (exact) mass is 181 g/mol. The van der Waals surface area contributed by atoms with Crippen molar-refractivity contribution in [3.8, 4) is 12.3 Å². The fourth-order valence-corrected chi connectivity index (χ4v) is 0.925. The summed E-state index contributed by atoms with van der Waals surface area (Å²) in [5, 5.41) is 0.657. The molecule has 0 unspecified atom stereocenters. The molecule has 62 valence electrons. The van der Waals surface area contributed by atoms with Crippen LogP contribution in [0.3, 0.4) is 0 Å². The predicted octanol–water partition coefficient (Wildman–Crippen LogP) is 1.88. The zero-order valence-electron chi connectivity index (χ0n) is 6.46. The molecule has 0 amide bonds. The van der Waals surface area contributed by atoms with Crippen molar-refractivity contribution in [3.05, 3.63) is 29.0 Å². The number of hydrogen-bond acceptors (Lipinski definition) is 2. The first kappa shape index (κ1) is 9.05. The minimum atomic E-state index is 0.300. The molecule has 0 atom stereocenters. The van der Waals surface area contributed by atoms with Crippen molar-refractivity contribution in [1.29, 1.82) is 0 Å². The predicted molar refractivity (Wildman–Crippen MR) is 47.7 cm³/mol. The average Bonchev–Trinajstić information content (AvgIpc) is 2.05. The van der Waals surface area contributed by atoms with Gasteiger partial charge in [-0.05, 0) is 12.1 Å². The Labute approximate surface area is 76.5 Å². The van der Waals surface area contributed by atoms with Crippen LogP contribution < -0.4 is 0 Å². The van der Waals surface area contributed by atoms with Gasteiger partial charge in [-0.25, -0.2) is 0 Å². The molecule has 0 aliphatic carbocycles. The molecule has 0 spiro atoms. The maximum atomic E-state index is 5.72. The third-order valence-electron chi connectivity index (χ3n) is 1.21. The topological polar surface area (TPSA) is 22.1 Å². The lowest BCUT2D eigenvalue weighted by Gasteiger charge is -1.99. The summed E-state index contributed by atoms with van der Waals surface area (Å²) in [5.41, 5.74) is 0.790. The fraction of sp³-hybridized carbons (Fsp3) is 0.222. The second kappa shape index (κ2) is 4.76. The quantitative estimate of drug-likeness (QED) is 0.525. The highest BCUT2D eigenvalue weighted by atomic mass is 35.5. The number of aromatic nitrogens is 1. The van der Waals surface area contributed by atoms with Gasteiger partial charge in [-0.3, -0.25) is 4.98 Å². The molecule has 0 N–H and O–H groups in total. The molecule has 0 bridgehead atoms. The zero-order chi connectivity index (χ0) is 8.81. The molecule has 3 heteroatoms. The van der Waals surface area contributed by atoms with E-state index in [2.05, 4.69) is 10.9 Å². The maximum Gasteiger partial charge on any atom is 0.107 e. The number of ether oxygens (including phenoxy) is 1. The number of pyridine rings is 1. The van der Waals surface area contributed by atoms with Crippen molar-refractivity contribution in [1.82, 2.24) is 4.98 Å². The third kappa shape index (κ3) is 2.91. The lowest BCUT2D eigenvalue weighted by atomic mass is 10.4. The normalized spacial score (nSPS) is 9.33. The summed E-state index contributed by atoms with van der Waals surface area (Å²) in [7, 11) is 0. The van der Waals surface area contributed by atoms with Gasteiger partial charge in [-0.15, -0.1) is 6.42 Å². The standard InChI is InChI=1S/C9H8ClNO/c1-2-5-12-7-9-6-8(10)3-4-11-9/h1,3-4,6H,5,7H2. The molecule has 1 aromatic rings. The minimum absolute atomic E-state index is 0.300. The van der Waals surface area contributed by atoms with Crippen LogP contribution in [-0.4, -0.2) is 11.6 Å². The van der Waals surface area contributed by atoms with Gasteiger partial charge in [-0.1, -0.05) is 17.5 Å². The first-order valence-electron chi connectivity index (χ1n) is 3.44. The third-order valence-corrected chi connectivity index (χ3v) is 1.45. The van der Waals surface area contributed by atoms with Crippen LogP contribution in [-0.2, 0) is 11.3 Å². The van der Waals surface area contributed by atoms with E-state index >= 15 is 0 Å². The van der Waals surface area contributed by atoms with Crippen molar-refractivity contribution in [2.45, 2.75) is 6.61 Å². The van der Waals surface area contributed by atoms with Crippen LogP contribution in [0.5, 0.6) is 0 Å². The Hall–Kier alpha value is -1.04. The Kier molecular flexibility index (Phi) is 3.59.